The van der Waals surface area contributed by atoms with Crippen molar-refractivity contribution < 1.29 is 0 Å². The van der Waals surface area contributed by atoms with Crippen molar-refractivity contribution in [2.24, 2.45) is 0 Å². The number of fused-ring (bicyclic) bond motifs is 7. The Labute approximate surface area is 281 Å². The van der Waals surface area contributed by atoms with Crippen LogP contribution in [0.2, 0.25) is 0 Å². The molecule has 0 aliphatic heterocycles. The number of hydrogen-bond donors (Lipinski definition) is 0. The van der Waals surface area contributed by atoms with Gasteiger partial charge >= 0.3 is 0 Å². The second kappa shape index (κ2) is 11.7. The van der Waals surface area contributed by atoms with Gasteiger partial charge < -0.3 is 9.13 Å². The summed E-state index contributed by atoms with van der Waals surface area (Å²) in [7, 11) is 0. The fraction of sp³-hybridized carbons (Fsp3) is 0.0870. The van der Waals surface area contributed by atoms with Gasteiger partial charge in [0, 0.05) is 32.9 Å². The van der Waals surface area contributed by atoms with Crippen molar-refractivity contribution in [1.29, 1.82) is 0 Å². The molecule has 0 radical (unpaired) electrons. The van der Waals surface area contributed by atoms with E-state index in [1.807, 2.05) is 0 Å². The van der Waals surface area contributed by atoms with Crippen LogP contribution in [0, 0.1) is 0 Å². The highest BCUT2D eigenvalue weighted by Gasteiger charge is 2.20. The minimum absolute atomic E-state index is 1.16. The summed E-state index contributed by atoms with van der Waals surface area (Å²) >= 11 is 0. The first-order chi connectivity index (χ1) is 23.8. The van der Waals surface area contributed by atoms with E-state index in [-0.39, 0.29) is 0 Å². The minimum Gasteiger partial charge on any atom is -0.309 e. The molecule has 2 nitrogen and oxygen atoms in total. The molecule has 0 atom stereocenters. The Morgan fingerprint density at radius 3 is 1.29 bits per heavy atom. The molecule has 0 saturated carbocycles. The first kappa shape index (κ1) is 28.4. The molecule has 0 aliphatic carbocycles. The lowest BCUT2D eigenvalue weighted by Gasteiger charge is -2.11. The lowest BCUT2D eigenvalue weighted by atomic mass is 9.98. The van der Waals surface area contributed by atoms with Gasteiger partial charge in [0.1, 0.15) is 0 Å². The second-order valence-corrected chi connectivity index (χ2v) is 12.8. The molecule has 0 amide bonds. The standard InChI is InChI=1S/C46H36N2/c1-2-3-11-32-18-20-33(21-19-32)34-22-24-35(25-23-34)36-26-28-38(29-27-36)48-42-17-10-8-15-40(42)46-44(48)31-30-43-45(46)39-14-7-9-16-41(39)47(43)37-12-5-4-6-13-37/h4-10,12-31H,2-3,11H2,1H3. The first-order valence-electron chi connectivity index (χ1n) is 17.1. The highest BCUT2D eigenvalue weighted by atomic mass is 15.0. The highest BCUT2D eigenvalue weighted by molar-refractivity contribution is 6.28. The van der Waals surface area contributed by atoms with Crippen LogP contribution >= 0.6 is 0 Å². The van der Waals surface area contributed by atoms with E-state index in [0.717, 1.165) is 12.1 Å². The third-order valence-electron chi connectivity index (χ3n) is 9.94. The van der Waals surface area contributed by atoms with Crippen LogP contribution in [-0.4, -0.2) is 9.13 Å². The molecular formula is C46H36N2. The second-order valence-electron chi connectivity index (χ2n) is 12.8. The summed E-state index contributed by atoms with van der Waals surface area (Å²) in [6.07, 6.45) is 3.63. The number of rotatable bonds is 7. The van der Waals surface area contributed by atoms with Gasteiger partial charge in [-0.25, -0.2) is 0 Å². The van der Waals surface area contributed by atoms with Crippen molar-refractivity contribution in [3.63, 3.8) is 0 Å². The van der Waals surface area contributed by atoms with E-state index in [4.69, 9.17) is 0 Å². The summed E-state index contributed by atoms with van der Waals surface area (Å²) in [5, 5.41) is 5.14. The van der Waals surface area contributed by atoms with Gasteiger partial charge in [-0.2, -0.15) is 0 Å². The molecule has 7 aromatic carbocycles. The fourth-order valence-electron chi connectivity index (χ4n) is 7.55. The third kappa shape index (κ3) is 4.64. The number of hydrogen-bond acceptors (Lipinski definition) is 0. The van der Waals surface area contributed by atoms with Gasteiger partial charge in [-0.05, 0) is 89.2 Å². The molecule has 9 aromatic rings. The van der Waals surface area contributed by atoms with Crippen molar-refractivity contribution >= 4 is 43.6 Å². The van der Waals surface area contributed by atoms with E-state index in [9.17, 15) is 0 Å². The normalized spacial score (nSPS) is 11.7. The number of para-hydroxylation sites is 3. The van der Waals surface area contributed by atoms with Gasteiger partial charge in [0.05, 0.1) is 22.1 Å². The van der Waals surface area contributed by atoms with E-state index >= 15 is 0 Å². The topological polar surface area (TPSA) is 9.86 Å². The maximum absolute atomic E-state index is 2.43. The fourth-order valence-corrected chi connectivity index (χ4v) is 7.55. The van der Waals surface area contributed by atoms with Crippen molar-refractivity contribution in [1.82, 2.24) is 9.13 Å². The molecule has 230 valence electrons. The van der Waals surface area contributed by atoms with Crippen molar-refractivity contribution in [3.05, 3.63) is 169 Å². The number of aryl methyl sites for hydroxylation is 1. The minimum atomic E-state index is 1.16. The highest BCUT2D eigenvalue weighted by Crippen LogP contribution is 2.42. The van der Waals surface area contributed by atoms with Gasteiger partial charge in [-0.3, -0.25) is 0 Å². The number of nitrogens with zero attached hydrogens (tertiary/aromatic N) is 2. The van der Waals surface area contributed by atoms with Crippen LogP contribution in [0.5, 0.6) is 0 Å². The Kier molecular flexibility index (Phi) is 6.94. The SMILES string of the molecule is CCCCc1ccc(-c2ccc(-c3ccc(-n4c5ccccc5c5c6c7ccccc7n(-c7ccccc7)c6ccc54)cc3)cc2)cc1. The van der Waals surface area contributed by atoms with E-state index < -0.39 is 0 Å². The van der Waals surface area contributed by atoms with Gasteiger partial charge in [0.2, 0.25) is 0 Å². The lowest BCUT2D eigenvalue weighted by molar-refractivity contribution is 0.795. The predicted molar refractivity (Wildman–Crippen MR) is 205 cm³/mol. The number of benzene rings is 7. The molecule has 0 saturated heterocycles. The zero-order valence-corrected chi connectivity index (χ0v) is 27.1. The Bertz CT molecular complexity index is 2550. The largest absolute Gasteiger partial charge is 0.309 e. The Morgan fingerprint density at radius 2 is 0.792 bits per heavy atom. The van der Waals surface area contributed by atoms with Crippen LogP contribution in [0.3, 0.4) is 0 Å². The van der Waals surface area contributed by atoms with Crippen LogP contribution in [0.1, 0.15) is 25.3 Å². The van der Waals surface area contributed by atoms with Crippen molar-refractivity contribution in [2.75, 3.05) is 0 Å². The van der Waals surface area contributed by atoms with Crippen LogP contribution in [0.15, 0.2) is 164 Å². The van der Waals surface area contributed by atoms with E-state index in [0.29, 0.717) is 0 Å². The zero-order chi connectivity index (χ0) is 32.0. The average Bonchev–Trinajstić information content (AvgIpc) is 3.68. The molecule has 0 spiro atoms. The molecule has 0 fully saturated rings. The maximum atomic E-state index is 2.43. The smallest absolute Gasteiger partial charge is 0.0548 e. The summed E-state index contributed by atoms with van der Waals surface area (Å²) in [5.74, 6) is 0. The molecule has 2 aromatic heterocycles. The molecule has 2 heterocycles. The quantitative estimate of drug-likeness (QED) is 0.169. The summed E-state index contributed by atoms with van der Waals surface area (Å²) in [6, 6.07) is 60.0. The van der Waals surface area contributed by atoms with Gasteiger partial charge in [-0.15, -0.1) is 0 Å². The van der Waals surface area contributed by atoms with Crippen LogP contribution < -0.4 is 0 Å². The predicted octanol–water partition coefficient (Wildman–Crippen LogP) is 12.6. The first-order valence-corrected chi connectivity index (χ1v) is 17.1. The van der Waals surface area contributed by atoms with E-state index in [1.54, 1.807) is 0 Å². The Hall–Kier alpha value is -5.86. The molecule has 0 bridgehead atoms. The molecule has 48 heavy (non-hydrogen) atoms. The molecule has 0 aliphatic rings. The van der Waals surface area contributed by atoms with Crippen LogP contribution in [-0.2, 0) is 6.42 Å². The lowest BCUT2D eigenvalue weighted by Crippen LogP contribution is -1.94. The van der Waals surface area contributed by atoms with Crippen molar-refractivity contribution in [2.45, 2.75) is 26.2 Å². The Morgan fingerprint density at radius 1 is 0.375 bits per heavy atom. The third-order valence-corrected chi connectivity index (χ3v) is 9.94. The van der Waals surface area contributed by atoms with Crippen LogP contribution in [0.4, 0.5) is 0 Å². The summed E-state index contributed by atoms with van der Waals surface area (Å²) < 4.78 is 4.83. The zero-order valence-electron chi connectivity index (χ0n) is 27.1. The average molecular weight is 617 g/mol. The van der Waals surface area contributed by atoms with E-state index in [2.05, 4.69) is 180 Å². The van der Waals surface area contributed by atoms with E-state index in [1.165, 1.54) is 90.0 Å². The number of unbranched alkanes of at least 4 members (excludes halogenated alkanes) is 1. The molecule has 9 rings (SSSR count). The monoisotopic (exact) mass is 616 g/mol. The molecule has 2 heteroatoms. The molecule has 0 N–H and O–H groups in total. The van der Waals surface area contributed by atoms with Gasteiger partial charge in [-0.1, -0.05) is 129 Å². The Balaban J connectivity index is 1.13. The number of aromatic nitrogens is 2. The van der Waals surface area contributed by atoms with Crippen LogP contribution in [0.25, 0.3) is 77.2 Å². The summed E-state index contributed by atoms with van der Waals surface area (Å²) in [4.78, 5) is 0. The molecular weight excluding hydrogens is 581 g/mol. The molecule has 0 unspecified atom stereocenters. The summed E-state index contributed by atoms with van der Waals surface area (Å²) in [5.41, 5.74) is 13.6. The van der Waals surface area contributed by atoms with Crippen molar-refractivity contribution in [3.8, 4) is 33.6 Å². The maximum Gasteiger partial charge on any atom is 0.0548 e. The summed E-state index contributed by atoms with van der Waals surface area (Å²) in [6.45, 7) is 2.25. The van der Waals surface area contributed by atoms with Gasteiger partial charge in [0.25, 0.3) is 0 Å². The van der Waals surface area contributed by atoms with Gasteiger partial charge in [0.15, 0.2) is 0 Å².